The molecule has 0 spiro atoms. The van der Waals surface area contributed by atoms with Crippen molar-refractivity contribution in [1.82, 2.24) is 0 Å². The number of carboxylic acid groups (broad SMARTS) is 1. The van der Waals surface area contributed by atoms with Crippen molar-refractivity contribution in [2.75, 3.05) is 6.54 Å². The summed E-state index contributed by atoms with van der Waals surface area (Å²) in [4.78, 5) is 11.7. The number of carboxylic acids is 1. The maximum atomic E-state index is 9.49. The normalized spacial score (nSPS) is 7.77. The Morgan fingerprint density at radius 2 is 2.54 bits per heavy atom. The topological polar surface area (TPSA) is 86.1 Å². The quantitative estimate of drug-likeness (QED) is 0.505. The molecule has 0 amide bonds. The molecule has 1 rings (SSSR count). The van der Waals surface area contributed by atoms with Crippen LogP contribution in [0.2, 0.25) is 0 Å². The zero-order valence-corrected chi connectivity index (χ0v) is 8.82. The Labute approximate surface area is 86.8 Å². The Balaban J connectivity index is 0.000000223. The Morgan fingerprint density at radius 1 is 1.85 bits per heavy atom. The van der Waals surface area contributed by atoms with Crippen molar-refractivity contribution in [2.24, 2.45) is 5.11 Å². The van der Waals surface area contributed by atoms with Gasteiger partial charge in [-0.25, -0.2) is 0 Å². The smallest absolute Gasteiger partial charge is 0.309 e. The summed E-state index contributed by atoms with van der Waals surface area (Å²) >= 11 is 4.99. The highest BCUT2D eigenvalue weighted by molar-refractivity contribution is 9.11. The van der Waals surface area contributed by atoms with Crippen LogP contribution in [0.4, 0.5) is 0 Å². The number of hydrogen-bond acceptors (Lipinski definition) is 3. The number of thiophene rings is 1. The first-order chi connectivity index (χ1) is 6.16. The Morgan fingerprint density at radius 3 is 2.69 bits per heavy atom. The highest BCUT2D eigenvalue weighted by atomic mass is 79.9. The Bertz CT molecular complexity index is 295. The summed E-state index contributed by atoms with van der Waals surface area (Å²) in [6.07, 6.45) is 0. The fourth-order valence-corrected chi connectivity index (χ4v) is 1.27. The van der Waals surface area contributed by atoms with Gasteiger partial charge >= 0.3 is 5.97 Å². The van der Waals surface area contributed by atoms with Crippen molar-refractivity contribution in [3.05, 3.63) is 31.7 Å². The molecule has 0 bridgehead atoms. The third kappa shape index (κ3) is 8.87. The summed E-state index contributed by atoms with van der Waals surface area (Å²) in [5, 5.41) is 12.6. The second kappa shape index (κ2) is 7.60. The van der Waals surface area contributed by atoms with E-state index in [9.17, 15) is 4.79 Å². The Hall–Kier alpha value is -1.04. The zero-order chi connectivity index (χ0) is 10.1. The molecule has 0 fully saturated rings. The average Bonchev–Trinajstić information content (AvgIpc) is 2.53. The molecule has 7 heteroatoms. The number of azide groups is 1. The molecule has 1 aromatic rings. The molecule has 1 N–H and O–H groups in total. The molecular formula is C6H6BrN3O2S. The van der Waals surface area contributed by atoms with Crippen LogP contribution in [0.3, 0.4) is 0 Å². The SMILES string of the molecule is Brc1cccs1.[N-]=[N+]=NCC(=O)O. The van der Waals surface area contributed by atoms with Crippen LogP contribution in [0.5, 0.6) is 0 Å². The van der Waals surface area contributed by atoms with Gasteiger partial charge in [0.1, 0.15) is 6.54 Å². The predicted molar refractivity (Wildman–Crippen MR) is 53.7 cm³/mol. The second-order valence-corrected chi connectivity index (χ2v) is 4.03. The van der Waals surface area contributed by atoms with Crippen molar-refractivity contribution in [3.8, 4) is 0 Å². The largest absolute Gasteiger partial charge is 0.481 e. The summed E-state index contributed by atoms with van der Waals surface area (Å²) in [7, 11) is 0. The van der Waals surface area contributed by atoms with Crippen LogP contribution in [-0.4, -0.2) is 17.6 Å². The lowest BCUT2D eigenvalue weighted by Gasteiger charge is -1.74. The molecule has 70 valence electrons. The van der Waals surface area contributed by atoms with Crippen molar-refractivity contribution in [2.45, 2.75) is 0 Å². The number of hydrogen-bond donors (Lipinski definition) is 1. The van der Waals surface area contributed by atoms with Gasteiger partial charge in [-0.2, -0.15) is 0 Å². The summed E-state index contributed by atoms with van der Waals surface area (Å²) < 4.78 is 1.20. The highest BCUT2D eigenvalue weighted by Crippen LogP contribution is 2.14. The summed E-state index contributed by atoms with van der Waals surface area (Å²) in [6.45, 7) is -0.476. The molecule has 0 saturated heterocycles. The van der Waals surface area contributed by atoms with Crippen molar-refractivity contribution in [1.29, 1.82) is 0 Å². The third-order valence-electron chi connectivity index (χ3n) is 0.756. The lowest BCUT2D eigenvalue weighted by atomic mass is 10.7. The fourth-order valence-electron chi connectivity index (χ4n) is 0.351. The van der Waals surface area contributed by atoms with Crippen molar-refractivity contribution < 1.29 is 9.90 Å². The minimum Gasteiger partial charge on any atom is -0.481 e. The van der Waals surface area contributed by atoms with Gasteiger partial charge in [0.15, 0.2) is 0 Å². The summed E-state index contributed by atoms with van der Waals surface area (Å²) in [5.74, 6) is -1.11. The molecule has 0 aliphatic rings. The molecule has 0 radical (unpaired) electrons. The first-order valence-corrected chi connectivity index (χ1v) is 4.75. The van der Waals surface area contributed by atoms with Crippen LogP contribution in [0.25, 0.3) is 10.4 Å². The standard InChI is InChI=1S/C4H3BrS.C2H3N3O2/c5-4-2-1-3-6-4;3-5-4-1-2(6)7/h1-3H;1H2,(H,6,7). The van der Waals surface area contributed by atoms with Crippen LogP contribution >= 0.6 is 27.3 Å². The molecule has 1 aromatic heterocycles. The number of halogens is 1. The van der Waals surface area contributed by atoms with Gasteiger partial charge in [-0.15, -0.1) is 11.3 Å². The van der Waals surface area contributed by atoms with Gasteiger partial charge in [-0.3, -0.25) is 4.79 Å². The van der Waals surface area contributed by atoms with E-state index in [2.05, 4.69) is 26.0 Å². The molecule has 1 heterocycles. The lowest BCUT2D eigenvalue weighted by Crippen LogP contribution is -1.96. The van der Waals surface area contributed by atoms with Crippen molar-refractivity contribution >= 4 is 33.2 Å². The van der Waals surface area contributed by atoms with E-state index < -0.39 is 12.5 Å². The van der Waals surface area contributed by atoms with Gasteiger partial charge in [0.05, 0.1) is 3.79 Å². The van der Waals surface area contributed by atoms with Gasteiger partial charge in [-0.1, -0.05) is 11.2 Å². The van der Waals surface area contributed by atoms with E-state index in [0.717, 1.165) is 0 Å². The second-order valence-electron chi connectivity index (χ2n) is 1.70. The summed E-state index contributed by atoms with van der Waals surface area (Å²) in [5.41, 5.74) is 7.51. The average molecular weight is 264 g/mol. The van der Waals surface area contributed by atoms with Gasteiger partial charge in [0, 0.05) is 4.91 Å². The van der Waals surface area contributed by atoms with Gasteiger partial charge in [0.25, 0.3) is 0 Å². The van der Waals surface area contributed by atoms with E-state index >= 15 is 0 Å². The third-order valence-corrected chi connectivity index (χ3v) is 2.24. The first kappa shape index (κ1) is 12.0. The number of rotatable bonds is 2. The number of nitrogens with zero attached hydrogens (tertiary/aromatic N) is 3. The number of carbonyl (C=O) groups is 1. The van der Waals surface area contributed by atoms with E-state index in [1.54, 1.807) is 11.3 Å². The lowest BCUT2D eigenvalue weighted by molar-refractivity contribution is -0.135. The van der Waals surface area contributed by atoms with Crippen molar-refractivity contribution in [3.63, 3.8) is 0 Å². The van der Waals surface area contributed by atoms with E-state index in [1.165, 1.54) is 3.79 Å². The highest BCUT2D eigenvalue weighted by Gasteiger charge is 1.86. The minimum absolute atomic E-state index is 0.476. The molecule has 0 aliphatic carbocycles. The van der Waals surface area contributed by atoms with Crippen LogP contribution in [0, 0.1) is 0 Å². The Kier molecular flexibility index (Phi) is 6.99. The molecule has 5 nitrogen and oxygen atoms in total. The van der Waals surface area contributed by atoms with Crippen LogP contribution in [0.15, 0.2) is 26.4 Å². The van der Waals surface area contributed by atoms with Crippen LogP contribution in [-0.2, 0) is 4.79 Å². The molecule has 0 aromatic carbocycles. The van der Waals surface area contributed by atoms with Crippen LogP contribution < -0.4 is 0 Å². The predicted octanol–water partition coefficient (Wildman–Crippen LogP) is 2.89. The number of aliphatic carboxylic acids is 1. The summed E-state index contributed by atoms with van der Waals surface area (Å²) in [6, 6.07) is 4.03. The van der Waals surface area contributed by atoms with E-state index in [1.807, 2.05) is 17.5 Å². The molecule has 0 aliphatic heterocycles. The van der Waals surface area contributed by atoms with E-state index in [-0.39, 0.29) is 0 Å². The minimum atomic E-state index is -1.11. The molecule has 0 unspecified atom stereocenters. The maximum Gasteiger partial charge on any atom is 0.309 e. The maximum absolute atomic E-state index is 9.49. The first-order valence-electron chi connectivity index (χ1n) is 3.08. The fraction of sp³-hybridized carbons (Fsp3) is 0.167. The van der Waals surface area contributed by atoms with Gasteiger partial charge < -0.3 is 5.11 Å². The monoisotopic (exact) mass is 263 g/mol. The zero-order valence-electron chi connectivity index (χ0n) is 6.42. The molecule has 0 saturated carbocycles. The molecule has 13 heavy (non-hydrogen) atoms. The molecule has 0 atom stereocenters. The molecular weight excluding hydrogens is 258 g/mol. The van der Waals surface area contributed by atoms with Gasteiger partial charge in [-0.05, 0) is 32.9 Å². The van der Waals surface area contributed by atoms with E-state index in [4.69, 9.17) is 10.6 Å². The van der Waals surface area contributed by atoms with Gasteiger partial charge in [0.2, 0.25) is 0 Å². The van der Waals surface area contributed by atoms with E-state index in [0.29, 0.717) is 0 Å². The van der Waals surface area contributed by atoms with Crippen LogP contribution in [0.1, 0.15) is 0 Å².